The first-order chi connectivity index (χ1) is 11.2. The molecule has 1 unspecified atom stereocenters. The summed E-state index contributed by atoms with van der Waals surface area (Å²) in [7, 11) is 0. The van der Waals surface area contributed by atoms with Crippen LogP contribution in [0.2, 0.25) is 0 Å². The van der Waals surface area contributed by atoms with Gasteiger partial charge in [-0.25, -0.2) is 14.8 Å². The number of aromatic nitrogens is 2. The molecular formula is C16H22N4O4. The van der Waals surface area contributed by atoms with E-state index in [9.17, 15) is 14.7 Å². The van der Waals surface area contributed by atoms with Gasteiger partial charge in [0.2, 0.25) is 11.9 Å². The quantitative estimate of drug-likeness (QED) is 0.818. The molecule has 2 aliphatic rings. The van der Waals surface area contributed by atoms with Crippen LogP contribution in [0.3, 0.4) is 0 Å². The van der Waals surface area contributed by atoms with Crippen molar-refractivity contribution in [1.82, 2.24) is 14.9 Å². The second-order valence-corrected chi connectivity index (χ2v) is 7.16. The highest BCUT2D eigenvalue weighted by Crippen LogP contribution is 2.23. The largest absolute Gasteiger partial charge is 0.444 e. The van der Waals surface area contributed by atoms with Crippen LogP contribution in [0, 0.1) is 0 Å². The van der Waals surface area contributed by atoms with E-state index in [4.69, 9.17) is 4.74 Å². The molecule has 0 aromatic carbocycles. The van der Waals surface area contributed by atoms with Crippen molar-refractivity contribution in [2.24, 2.45) is 0 Å². The Hall–Kier alpha value is -2.22. The van der Waals surface area contributed by atoms with Crippen molar-refractivity contribution in [2.75, 3.05) is 18.0 Å². The van der Waals surface area contributed by atoms with Gasteiger partial charge >= 0.3 is 6.09 Å². The first-order valence-electron chi connectivity index (χ1n) is 8.04. The number of rotatable bonds is 1. The molecule has 1 fully saturated rings. The third-order valence-corrected chi connectivity index (χ3v) is 3.92. The monoisotopic (exact) mass is 334 g/mol. The molecule has 0 aliphatic carbocycles. The minimum absolute atomic E-state index is 0.104. The maximum Gasteiger partial charge on any atom is 0.410 e. The molecule has 1 saturated heterocycles. The van der Waals surface area contributed by atoms with Crippen LogP contribution in [0.15, 0.2) is 6.20 Å². The van der Waals surface area contributed by atoms with E-state index in [0.717, 1.165) is 11.3 Å². The lowest BCUT2D eigenvalue weighted by molar-refractivity contribution is -0.117. The molecule has 2 aliphatic heterocycles. The number of β-amino-alcohol motifs (C(OH)–C–C–N with tert-alkyl or cyclic N) is 1. The fourth-order valence-corrected chi connectivity index (χ4v) is 2.80. The summed E-state index contributed by atoms with van der Waals surface area (Å²) in [6.45, 7) is 6.62. The molecule has 0 spiro atoms. The van der Waals surface area contributed by atoms with Gasteiger partial charge in [-0.1, -0.05) is 0 Å². The molecule has 0 bridgehead atoms. The fraction of sp³-hybridized carbons (Fsp3) is 0.625. The highest BCUT2D eigenvalue weighted by atomic mass is 16.6. The standard InChI is InChI=1S/C16H22N4O4/c1-16(2,3)24-15(23)19-5-4-12-10(8-19)7-17-14(18-12)20-9-11(21)6-13(20)22/h7,11,21H,4-6,8-9H2,1-3H3. The van der Waals surface area contributed by atoms with E-state index in [1.807, 2.05) is 20.8 Å². The van der Waals surface area contributed by atoms with Crippen LogP contribution < -0.4 is 4.90 Å². The van der Waals surface area contributed by atoms with Crippen LogP contribution in [0.4, 0.5) is 10.7 Å². The lowest BCUT2D eigenvalue weighted by Gasteiger charge is -2.30. The van der Waals surface area contributed by atoms with E-state index in [1.54, 1.807) is 11.1 Å². The summed E-state index contributed by atoms with van der Waals surface area (Å²) >= 11 is 0. The molecule has 8 heteroatoms. The molecule has 0 radical (unpaired) electrons. The predicted octanol–water partition coefficient (Wildman–Crippen LogP) is 0.867. The minimum Gasteiger partial charge on any atom is -0.444 e. The van der Waals surface area contributed by atoms with Crippen molar-refractivity contribution < 1.29 is 19.4 Å². The lowest BCUT2D eigenvalue weighted by Crippen LogP contribution is -2.40. The van der Waals surface area contributed by atoms with E-state index >= 15 is 0 Å². The zero-order chi connectivity index (χ0) is 17.5. The average molecular weight is 334 g/mol. The number of aliphatic hydroxyl groups is 1. The van der Waals surface area contributed by atoms with Crippen LogP contribution in [-0.4, -0.2) is 56.8 Å². The molecule has 2 amide bonds. The van der Waals surface area contributed by atoms with Gasteiger partial charge in [-0.05, 0) is 20.8 Å². The fourth-order valence-electron chi connectivity index (χ4n) is 2.80. The van der Waals surface area contributed by atoms with Crippen molar-refractivity contribution >= 4 is 17.9 Å². The number of carbonyl (C=O) groups is 2. The van der Waals surface area contributed by atoms with Crippen molar-refractivity contribution in [3.8, 4) is 0 Å². The van der Waals surface area contributed by atoms with Crippen molar-refractivity contribution in [3.05, 3.63) is 17.5 Å². The number of hydrogen-bond donors (Lipinski definition) is 1. The maximum absolute atomic E-state index is 12.2. The number of anilines is 1. The van der Waals surface area contributed by atoms with Gasteiger partial charge in [0.05, 0.1) is 31.3 Å². The highest BCUT2D eigenvalue weighted by Gasteiger charge is 2.32. The van der Waals surface area contributed by atoms with Crippen molar-refractivity contribution in [3.63, 3.8) is 0 Å². The van der Waals surface area contributed by atoms with Gasteiger partial charge in [-0.3, -0.25) is 9.69 Å². The molecule has 1 aromatic rings. The summed E-state index contributed by atoms with van der Waals surface area (Å²) in [5, 5.41) is 9.58. The lowest BCUT2D eigenvalue weighted by atomic mass is 10.1. The molecular weight excluding hydrogens is 312 g/mol. The Morgan fingerprint density at radius 1 is 1.42 bits per heavy atom. The van der Waals surface area contributed by atoms with E-state index in [1.165, 1.54) is 4.90 Å². The Balaban J connectivity index is 1.73. The van der Waals surface area contributed by atoms with Gasteiger partial charge in [0.25, 0.3) is 0 Å². The number of aliphatic hydroxyl groups excluding tert-OH is 1. The molecule has 3 rings (SSSR count). The van der Waals surface area contributed by atoms with Gasteiger partial charge < -0.3 is 14.7 Å². The number of hydrogen-bond acceptors (Lipinski definition) is 6. The van der Waals surface area contributed by atoms with E-state index in [2.05, 4.69) is 9.97 Å². The summed E-state index contributed by atoms with van der Waals surface area (Å²) in [5.41, 5.74) is 1.14. The summed E-state index contributed by atoms with van der Waals surface area (Å²) in [5.74, 6) is 0.148. The summed E-state index contributed by atoms with van der Waals surface area (Å²) in [4.78, 5) is 35.7. The second kappa shape index (κ2) is 6.01. The number of nitrogens with zero attached hydrogens (tertiary/aromatic N) is 4. The van der Waals surface area contributed by atoms with E-state index in [0.29, 0.717) is 25.5 Å². The molecule has 1 atom stereocenters. The Bertz CT molecular complexity index is 671. The van der Waals surface area contributed by atoms with Crippen LogP contribution in [-0.2, 0) is 22.5 Å². The maximum atomic E-state index is 12.2. The first-order valence-corrected chi connectivity index (χ1v) is 8.04. The Morgan fingerprint density at radius 3 is 2.79 bits per heavy atom. The van der Waals surface area contributed by atoms with Crippen LogP contribution in [0.5, 0.6) is 0 Å². The third-order valence-electron chi connectivity index (χ3n) is 3.92. The second-order valence-electron chi connectivity index (χ2n) is 7.16. The summed E-state index contributed by atoms with van der Waals surface area (Å²) in [6, 6.07) is 0. The first kappa shape index (κ1) is 16.6. The zero-order valence-corrected chi connectivity index (χ0v) is 14.2. The summed E-state index contributed by atoms with van der Waals surface area (Å²) < 4.78 is 5.39. The van der Waals surface area contributed by atoms with Gasteiger partial charge in [-0.15, -0.1) is 0 Å². The molecule has 24 heavy (non-hydrogen) atoms. The normalized spacial score (nSPS) is 21.0. The molecule has 0 saturated carbocycles. The minimum atomic E-state index is -0.667. The van der Waals surface area contributed by atoms with Crippen molar-refractivity contribution in [1.29, 1.82) is 0 Å². The Morgan fingerprint density at radius 2 is 2.17 bits per heavy atom. The van der Waals surface area contributed by atoms with E-state index in [-0.39, 0.29) is 25.0 Å². The topological polar surface area (TPSA) is 95.9 Å². The van der Waals surface area contributed by atoms with Crippen LogP contribution >= 0.6 is 0 Å². The average Bonchev–Trinajstić information content (AvgIpc) is 2.83. The number of carbonyl (C=O) groups excluding carboxylic acids is 2. The Labute approximate surface area is 140 Å². The smallest absolute Gasteiger partial charge is 0.410 e. The predicted molar refractivity (Wildman–Crippen MR) is 85.4 cm³/mol. The SMILES string of the molecule is CC(C)(C)OC(=O)N1CCc2nc(N3CC(O)CC3=O)ncc2C1. The van der Waals surface area contributed by atoms with Crippen LogP contribution in [0.1, 0.15) is 38.4 Å². The number of fused-ring (bicyclic) bond motifs is 1. The third kappa shape index (κ3) is 3.48. The summed E-state index contributed by atoms with van der Waals surface area (Å²) in [6.07, 6.45) is 1.31. The molecule has 3 heterocycles. The van der Waals surface area contributed by atoms with Gasteiger partial charge in [0.1, 0.15) is 5.60 Å². The van der Waals surface area contributed by atoms with Crippen molar-refractivity contribution in [2.45, 2.75) is 51.9 Å². The van der Waals surface area contributed by atoms with Gasteiger partial charge in [0, 0.05) is 24.7 Å². The molecule has 130 valence electrons. The van der Waals surface area contributed by atoms with Gasteiger partial charge in [-0.2, -0.15) is 0 Å². The Kier molecular flexibility index (Phi) is 4.16. The van der Waals surface area contributed by atoms with Crippen LogP contribution in [0.25, 0.3) is 0 Å². The molecule has 1 N–H and O–H groups in total. The van der Waals surface area contributed by atoms with E-state index < -0.39 is 11.7 Å². The number of ether oxygens (including phenoxy) is 1. The zero-order valence-electron chi connectivity index (χ0n) is 14.2. The molecule has 8 nitrogen and oxygen atoms in total. The van der Waals surface area contributed by atoms with Gasteiger partial charge in [0.15, 0.2) is 0 Å². The highest BCUT2D eigenvalue weighted by molar-refractivity contribution is 5.94. The number of amides is 2. The molecule has 1 aromatic heterocycles.